The van der Waals surface area contributed by atoms with Crippen molar-refractivity contribution in [1.29, 1.82) is 0 Å². The van der Waals surface area contributed by atoms with E-state index in [1.54, 1.807) is 0 Å². The molecule has 2 heterocycles. The number of H-pyrrole nitrogens is 1. The third kappa shape index (κ3) is 1.47. The fraction of sp³-hybridized carbons (Fsp3) is 0.364. The zero-order chi connectivity index (χ0) is 10.3. The molecule has 1 aliphatic rings. The van der Waals surface area contributed by atoms with Crippen LogP contribution >= 0.6 is 11.6 Å². The van der Waals surface area contributed by atoms with Crippen LogP contribution in [0, 0.1) is 0 Å². The number of hydrogen-bond donors (Lipinski definition) is 1. The summed E-state index contributed by atoms with van der Waals surface area (Å²) in [4.78, 5) is 2.38. The average Bonchev–Trinajstić information content (AvgIpc) is 2.86. The predicted molar refractivity (Wildman–Crippen MR) is 62.6 cm³/mol. The fourth-order valence-corrected chi connectivity index (χ4v) is 2.43. The van der Waals surface area contributed by atoms with Crippen LogP contribution in [0.3, 0.4) is 0 Å². The Bertz CT molecular complexity index is 486. The van der Waals surface area contributed by atoms with Crippen molar-refractivity contribution < 1.29 is 0 Å². The zero-order valence-electron chi connectivity index (χ0n) is 8.33. The second-order valence-electron chi connectivity index (χ2n) is 3.95. The van der Waals surface area contributed by atoms with E-state index in [0.717, 1.165) is 23.6 Å². The number of nitrogens with zero attached hydrogens (tertiary/aromatic N) is 2. The molecule has 2 aromatic rings. The Balaban J connectivity index is 2.18. The van der Waals surface area contributed by atoms with Crippen molar-refractivity contribution in [3.8, 4) is 0 Å². The average molecular weight is 222 g/mol. The number of rotatable bonds is 1. The van der Waals surface area contributed by atoms with Crippen LogP contribution in [-0.4, -0.2) is 23.3 Å². The summed E-state index contributed by atoms with van der Waals surface area (Å²) in [7, 11) is 0. The molecule has 3 nitrogen and oxygen atoms in total. The van der Waals surface area contributed by atoms with Crippen molar-refractivity contribution in [2.45, 2.75) is 12.8 Å². The van der Waals surface area contributed by atoms with E-state index in [4.69, 9.17) is 11.6 Å². The number of nitrogens with one attached hydrogen (secondary N) is 1. The summed E-state index contributed by atoms with van der Waals surface area (Å²) in [6.07, 6.45) is 4.41. The van der Waals surface area contributed by atoms with Crippen LogP contribution in [0.15, 0.2) is 18.3 Å². The van der Waals surface area contributed by atoms with E-state index in [1.807, 2.05) is 18.3 Å². The maximum Gasteiger partial charge on any atom is 0.0686 e. The van der Waals surface area contributed by atoms with Gasteiger partial charge >= 0.3 is 0 Å². The van der Waals surface area contributed by atoms with Gasteiger partial charge < -0.3 is 4.90 Å². The fourth-order valence-electron chi connectivity index (χ4n) is 2.22. The minimum Gasteiger partial charge on any atom is -0.371 e. The molecule has 0 amide bonds. The summed E-state index contributed by atoms with van der Waals surface area (Å²) < 4.78 is 0. The molecule has 0 spiro atoms. The number of hydrogen-bond acceptors (Lipinski definition) is 2. The van der Waals surface area contributed by atoms with Crippen molar-refractivity contribution in [1.82, 2.24) is 10.2 Å². The molecule has 1 N–H and O–H groups in total. The highest BCUT2D eigenvalue weighted by atomic mass is 35.5. The molecule has 3 rings (SSSR count). The van der Waals surface area contributed by atoms with E-state index in [1.165, 1.54) is 23.9 Å². The maximum atomic E-state index is 6.08. The molecule has 1 aromatic heterocycles. The van der Waals surface area contributed by atoms with Gasteiger partial charge in [0, 0.05) is 29.2 Å². The summed E-state index contributed by atoms with van der Waals surface area (Å²) in [5, 5.41) is 8.97. The molecule has 0 bridgehead atoms. The van der Waals surface area contributed by atoms with Gasteiger partial charge in [0.15, 0.2) is 0 Å². The standard InChI is InChI=1S/C11H12ClN3/c12-8-5-10-9(7-13-14-10)11(6-8)15-3-1-2-4-15/h5-7H,1-4H2,(H,13,14). The van der Waals surface area contributed by atoms with E-state index in [0.29, 0.717) is 0 Å². The highest BCUT2D eigenvalue weighted by Crippen LogP contribution is 2.31. The lowest BCUT2D eigenvalue weighted by molar-refractivity contribution is 0.949. The smallest absolute Gasteiger partial charge is 0.0686 e. The topological polar surface area (TPSA) is 31.9 Å². The van der Waals surface area contributed by atoms with Gasteiger partial charge in [0.25, 0.3) is 0 Å². The van der Waals surface area contributed by atoms with Gasteiger partial charge in [-0.05, 0) is 25.0 Å². The first-order valence-electron chi connectivity index (χ1n) is 5.22. The number of halogens is 1. The molecule has 15 heavy (non-hydrogen) atoms. The van der Waals surface area contributed by atoms with Gasteiger partial charge in [0.2, 0.25) is 0 Å². The summed E-state index contributed by atoms with van der Waals surface area (Å²) in [5.74, 6) is 0. The highest BCUT2D eigenvalue weighted by molar-refractivity contribution is 6.31. The molecule has 1 saturated heterocycles. The number of fused-ring (bicyclic) bond motifs is 1. The first-order valence-corrected chi connectivity index (χ1v) is 5.60. The van der Waals surface area contributed by atoms with Crippen LogP contribution in [0.2, 0.25) is 5.02 Å². The van der Waals surface area contributed by atoms with E-state index >= 15 is 0 Å². The normalized spacial score (nSPS) is 16.5. The van der Waals surface area contributed by atoms with Gasteiger partial charge in [-0.2, -0.15) is 5.10 Å². The van der Waals surface area contributed by atoms with Gasteiger partial charge in [0.05, 0.1) is 11.7 Å². The molecular weight excluding hydrogens is 210 g/mol. The second kappa shape index (κ2) is 3.42. The zero-order valence-corrected chi connectivity index (χ0v) is 9.09. The Morgan fingerprint density at radius 1 is 1.27 bits per heavy atom. The highest BCUT2D eigenvalue weighted by Gasteiger charge is 2.16. The third-order valence-electron chi connectivity index (χ3n) is 2.95. The summed E-state index contributed by atoms with van der Waals surface area (Å²) in [6.45, 7) is 2.25. The predicted octanol–water partition coefficient (Wildman–Crippen LogP) is 2.82. The quantitative estimate of drug-likeness (QED) is 0.803. The Kier molecular flexibility index (Phi) is 2.06. The van der Waals surface area contributed by atoms with Crippen molar-refractivity contribution in [3.05, 3.63) is 23.4 Å². The third-order valence-corrected chi connectivity index (χ3v) is 3.17. The molecule has 1 aliphatic heterocycles. The molecule has 4 heteroatoms. The van der Waals surface area contributed by atoms with Gasteiger partial charge in [0.1, 0.15) is 0 Å². The van der Waals surface area contributed by atoms with Crippen LogP contribution in [0.1, 0.15) is 12.8 Å². The monoisotopic (exact) mass is 221 g/mol. The van der Waals surface area contributed by atoms with E-state index in [2.05, 4.69) is 15.1 Å². The Morgan fingerprint density at radius 2 is 2.07 bits per heavy atom. The lowest BCUT2D eigenvalue weighted by atomic mass is 10.2. The maximum absolute atomic E-state index is 6.08. The van der Waals surface area contributed by atoms with E-state index < -0.39 is 0 Å². The number of benzene rings is 1. The van der Waals surface area contributed by atoms with Crippen LogP contribution in [-0.2, 0) is 0 Å². The first kappa shape index (κ1) is 9.04. The van der Waals surface area contributed by atoms with E-state index in [-0.39, 0.29) is 0 Å². The Morgan fingerprint density at radius 3 is 2.87 bits per heavy atom. The molecule has 0 atom stereocenters. The summed E-state index contributed by atoms with van der Waals surface area (Å²) in [6, 6.07) is 3.95. The number of anilines is 1. The molecule has 0 aliphatic carbocycles. The number of aromatic amines is 1. The van der Waals surface area contributed by atoms with Crippen molar-refractivity contribution in [2.75, 3.05) is 18.0 Å². The molecule has 0 radical (unpaired) electrons. The minimum atomic E-state index is 0.772. The van der Waals surface area contributed by atoms with Gasteiger partial charge in [-0.25, -0.2) is 0 Å². The van der Waals surface area contributed by atoms with Crippen molar-refractivity contribution in [2.24, 2.45) is 0 Å². The molecule has 0 unspecified atom stereocenters. The number of aromatic nitrogens is 2. The van der Waals surface area contributed by atoms with Gasteiger partial charge in [-0.1, -0.05) is 11.6 Å². The lowest BCUT2D eigenvalue weighted by Crippen LogP contribution is -2.17. The molecule has 0 saturated carbocycles. The minimum absolute atomic E-state index is 0.772. The van der Waals surface area contributed by atoms with Gasteiger partial charge in [-0.15, -0.1) is 0 Å². The summed E-state index contributed by atoms with van der Waals surface area (Å²) in [5.41, 5.74) is 2.23. The Hall–Kier alpha value is -1.22. The van der Waals surface area contributed by atoms with Crippen molar-refractivity contribution >= 4 is 28.2 Å². The molecular formula is C11H12ClN3. The summed E-state index contributed by atoms with van der Waals surface area (Å²) >= 11 is 6.08. The SMILES string of the molecule is Clc1cc(N2CCCC2)c2cn[nH]c2c1. The van der Waals surface area contributed by atoms with Crippen LogP contribution in [0.4, 0.5) is 5.69 Å². The molecule has 1 aromatic carbocycles. The van der Waals surface area contributed by atoms with Crippen LogP contribution in [0.5, 0.6) is 0 Å². The molecule has 1 fully saturated rings. The first-order chi connectivity index (χ1) is 7.34. The van der Waals surface area contributed by atoms with Gasteiger partial charge in [-0.3, -0.25) is 5.10 Å². The molecule has 78 valence electrons. The van der Waals surface area contributed by atoms with E-state index in [9.17, 15) is 0 Å². The van der Waals surface area contributed by atoms with Crippen molar-refractivity contribution in [3.63, 3.8) is 0 Å². The Labute approximate surface area is 93.0 Å². The van der Waals surface area contributed by atoms with Crippen LogP contribution in [0.25, 0.3) is 10.9 Å². The second-order valence-corrected chi connectivity index (χ2v) is 4.39. The van der Waals surface area contributed by atoms with Crippen LogP contribution < -0.4 is 4.90 Å². The lowest BCUT2D eigenvalue weighted by Gasteiger charge is -2.18. The largest absolute Gasteiger partial charge is 0.371 e.